The molecule has 0 aromatic carbocycles. The first-order valence-electron chi connectivity index (χ1n) is 5.24. The summed E-state index contributed by atoms with van der Waals surface area (Å²) in [6.45, 7) is 2.66. The van der Waals surface area contributed by atoms with Gasteiger partial charge in [0.15, 0.2) is 0 Å². The van der Waals surface area contributed by atoms with Crippen LogP contribution in [0.3, 0.4) is 0 Å². The highest BCUT2D eigenvalue weighted by Crippen LogP contribution is 2.23. The maximum atomic E-state index is 5.63. The summed E-state index contributed by atoms with van der Waals surface area (Å²) >= 11 is 0. The average molecular weight is 195 g/mol. The summed E-state index contributed by atoms with van der Waals surface area (Å²) in [5, 5.41) is 3.10. The number of anilines is 1. The van der Waals surface area contributed by atoms with Crippen molar-refractivity contribution in [1.82, 2.24) is 4.98 Å². The van der Waals surface area contributed by atoms with E-state index in [-0.39, 0.29) is 6.04 Å². The van der Waals surface area contributed by atoms with Crippen molar-refractivity contribution in [2.75, 3.05) is 11.9 Å². The van der Waals surface area contributed by atoms with Crippen LogP contribution < -0.4 is 11.1 Å². The van der Waals surface area contributed by atoms with Crippen LogP contribution in [-0.2, 0) is 12.8 Å². The minimum Gasteiger partial charge on any atom is -0.428 e. The Bertz CT molecular complexity index is 283. The molecule has 1 unspecified atom stereocenters. The zero-order chi connectivity index (χ0) is 9.97. The Hall–Kier alpha value is -1.03. The third kappa shape index (κ3) is 2.07. The van der Waals surface area contributed by atoms with Crippen LogP contribution in [-0.4, -0.2) is 17.6 Å². The van der Waals surface area contributed by atoms with Gasteiger partial charge < -0.3 is 15.5 Å². The van der Waals surface area contributed by atoms with Crippen molar-refractivity contribution in [1.29, 1.82) is 0 Å². The van der Waals surface area contributed by atoms with Gasteiger partial charge in [-0.15, -0.1) is 0 Å². The Balaban J connectivity index is 2.01. The highest BCUT2D eigenvalue weighted by molar-refractivity contribution is 5.27. The van der Waals surface area contributed by atoms with E-state index in [2.05, 4.69) is 10.3 Å². The monoisotopic (exact) mass is 195 g/mol. The first-order chi connectivity index (χ1) is 6.75. The van der Waals surface area contributed by atoms with E-state index in [4.69, 9.17) is 10.2 Å². The van der Waals surface area contributed by atoms with E-state index in [1.807, 2.05) is 6.92 Å². The molecule has 14 heavy (non-hydrogen) atoms. The number of aromatic nitrogens is 1. The smallest absolute Gasteiger partial charge is 0.295 e. The van der Waals surface area contributed by atoms with Gasteiger partial charge in [-0.2, -0.15) is 4.98 Å². The number of aryl methyl sites for hydroxylation is 2. The predicted molar refractivity (Wildman–Crippen MR) is 55.3 cm³/mol. The van der Waals surface area contributed by atoms with Gasteiger partial charge in [-0.25, -0.2) is 0 Å². The summed E-state index contributed by atoms with van der Waals surface area (Å²) in [5.41, 5.74) is 6.76. The Morgan fingerprint density at radius 2 is 2.29 bits per heavy atom. The number of oxazole rings is 1. The standard InChI is InChI=1S/C10H17N3O/c1-7(11)6-12-10-13-8-4-2-3-5-9(8)14-10/h7H,2-6,11H2,1H3,(H,12,13). The van der Waals surface area contributed by atoms with Crippen molar-refractivity contribution in [3.63, 3.8) is 0 Å². The van der Waals surface area contributed by atoms with E-state index >= 15 is 0 Å². The van der Waals surface area contributed by atoms with Gasteiger partial charge in [0.1, 0.15) is 5.76 Å². The van der Waals surface area contributed by atoms with E-state index < -0.39 is 0 Å². The summed E-state index contributed by atoms with van der Waals surface area (Å²) < 4.78 is 5.58. The van der Waals surface area contributed by atoms with E-state index in [0.717, 1.165) is 24.3 Å². The number of rotatable bonds is 3. The topological polar surface area (TPSA) is 64.1 Å². The van der Waals surface area contributed by atoms with Crippen LogP contribution in [0.2, 0.25) is 0 Å². The molecule has 4 heteroatoms. The number of nitrogens with one attached hydrogen (secondary N) is 1. The molecule has 0 radical (unpaired) electrons. The molecule has 4 nitrogen and oxygen atoms in total. The lowest BCUT2D eigenvalue weighted by atomic mass is 10.0. The van der Waals surface area contributed by atoms with Crippen LogP contribution in [0.1, 0.15) is 31.2 Å². The van der Waals surface area contributed by atoms with E-state index in [1.54, 1.807) is 0 Å². The lowest BCUT2D eigenvalue weighted by molar-refractivity contribution is 0.485. The second-order valence-electron chi connectivity index (χ2n) is 3.95. The number of hydrogen-bond acceptors (Lipinski definition) is 4. The predicted octanol–water partition coefficient (Wildman–Crippen LogP) is 1.31. The Kier molecular flexibility index (Phi) is 2.72. The van der Waals surface area contributed by atoms with Gasteiger partial charge >= 0.3 is 0 Å². The quantitative estimate of drug-likeness (QED) is 0.763. The maximum Gasteiger partial charge on any atom is 0.295 e. The summed E-state index contributed by atoms with van der Waals surface area (Å²) in [7, 11) is 0. The number of nitrogens with zero attached hydrogens (tertiary/aromatic N) is 1. The van der Waals surface area contributed by atoms with Gasteiger partial charge in [-0.1, -0.05) is 0 Å². The Morgan fingerprint density at radius 3 is 3.00 bits per heavy atom. The molecule has 78 valence electrons. The first-order valence-corrected chi connectivity index (χ1v) is 5.24. The van der Waals surface area contributed by atoms with Gasteiger partial charge in [-0.05, 0) is 26.2 Å². The minimum absolute atomic E-state index is 0.124. The van der Waals surface area contributed by atoms with Crippen LogP contribution in [0.5, 0.6) is 0 Å². The largest absolute Gasteiger partial charge is 0.428 e. The van der Waals surface area contributed by atoms with Crippen molar-refractivity contribution in [2.24, 2.45) is 5.73 Å². The van der Waals surface area contributed by atoms with Crippen LogP contribution in [0.25, 0.3) is 0 Å². The summed E-state index contributed by atoms with van der Waals surface area (Å²) in [6, 6.07) is 0.758. The average Bonchev–Trinajstić information content (AvgIpc) is 2.57. The molecule has 0 aliphatic heterocycles. The van der Waals surface area contributed by atoms with Crippen LogP contribution >= 0.6 is 0 Å². The molecule has 0 saturated carbocycles. The minimum atomic E-state index is 0.124. The molecule has 1 aromatic heterocycles. The van der Waals surface area contributed by atoms with Gasteiger partial charge in [0.25, 0.3) is 6.01 Å². The molecule has 0 bridgehead atoms. The SMILES string of the molecule is CC(N)CNc1nc2c(o1)CCCC2. The molecule has 0 amide bonds. The summed E-state index contributed by atoms with van der Waals surface area (Å²) in [4.78, 5) is 4.39. The van der Waals surface area contributed by atoms with Gasteiger partial charge in [-0.3, -0.25) is 0 Å². The molecular formula is C10H17N3O. The normalized spacial score (nSPS) is 17.6. The zero-order valence-corrected chi connectivity index (χ0v) is 8.55. The second-order valence-corrected chi connectivity index (χ2v) is 3.95. The molecule has 1 aliphatic rings. The Labute approximate surface area is 83.9 Å². The second kappa shape index (κ2) is 4.00. The van der Waals surface area contributed by atoms with E-state index in [0.29, 0.717) is 12.6 Å². The van der Waals surface area contributed by atoms with Crippen LogP contribution in [0.4, 0.5) is 6.01 Å². The third-order valence-corrected chi connectivity index (χ3v) is 2.42. The fourth-order valence-electron chi connectivity index (χ4n) is 1.68. The van der Waals surface area contributed by atoms with Gasteiger partial charge in [0.2, 0.25) is 0 Å². The first kappa shape index (κ1) is 9.52. The lowest BCUT2D eigenvalue weighted by Crippen LogP contribution is -2.25. The number of fused-ring (bicyclic) bond motifs is 1. The molecule has 1 aromatic rings. The zero-order valence-electron chi connectivity index (χ0n) is 8.55. The van der Waals surface area contributed by atoms with Crippen LogP contribution in [0, 0.1) is 0 Å². The summed E-state index contributed by atoms with van der Waals surface area (Å²) in [6.07, 6.45) is 4.53. The fraction of sp³-hybridized carbons (Fsp3) is 0.700. The summed E-state index contributed by atoms with van der Waals surface area (Å²) in [5.74, 6) is 1.06. The third-order valence-electron chi connectivity index (χ3n) is 2.42. The lowest BCUT2D eigenvalue weighted by Gasteiger charge is -2.05. The molecule has 0 saturated heterocycles. The molecule has 1 aliphatic carbocycles. The van der Waals surface area contributed by atoms with Crippen LogP contribution in [0.15, 0.2) is 4.42 Å². The molecule has 1 heterocycles. The maximum absolute atomic E-state index is 5.63. The number of hydrogen-bond donors (Lipinski definition) is 2. The molecular weight excluding hydrogens is 178 g/mol. The fourth-order valence-corrected chi connectivity index (χ4v) is 1.68. The van der Waals surface area contributed by atoms with E-state index in [1.165, 1.54) is 12.8 Å². The Morgan fingerprint density at radius 1 is 1.50 bits per heavy atom. The van der Waals surface area contributed by atoms with Crippen molar-refractivity contribution in [3.8, 4) is 0 Å². The molecule has 3 N–H and O–H groups in total. The molecule has 1 atom stereocenters. The number of nitrogens with two attached hydrogens (primary N) is 1. The highest BCUT2D eigenvalue weighted by atomic mass is 16.4. The van der Waals surface area contributed by atoms with Crippen molar-refractivity contribution in [3.05, 3.63) is 11.5 Å². The van der Waals surface area contributed by atoms with Crippen molar-refractivity contribution < 1.29 is 4.42 Å². The highest BCUT2D eigenvalue weighted by Gasteiger charge is 2.16. The van der Waals surface area contributed by atoms with Gasteiger partial charge in [0.05, 0.1) is 5.69 Å². The van der Waals surface area contributed by atoms with E-state index in [9.17, 15) is 0 Å². The molecule has 2 rings (SSSR count). The molecule has 0 spiro atoms. The van der Waals surface area contributed by atoms with Gasteiger partial charge in [0, 0.05) is 19.0 Å². The molecule has 0 fully saturated rings. The van der Waals surface area contributed by atoms with Crippen molar-refractivity contribution >= 4 is 6.01 Å². The van der Waals surface area contributed by atoms with Crippen molar-refractivity contribution in [2.45, 2.75) is 38.6 Å².